The number of hydrogen-bond acceptors (Lipinski definition) is 3. The molecule has 1 rings (SSSR count). The molecular formula is C14H29N3. The molecule has 1 unspecified atom stereocenters. The van der Waals surface area contributed by atoms with E-state index in [9.17, 15) is 0 Å². The number of nitrogens with zero attached hydrogens (tertiary/aromatic N) is 3. The average Bonchev–Trinajstić information content (AvgIpc) is 2.57. The molecule has 0 fully saturated rings. The SMILES string of the molecule is CCCCN1N=CN(CCC)C1CC(C)(C)C. The second-order valence-electron chi connectivity index (χ2n) is 6.23. The second kappa shape index (κ2) is 6.27. The van der Waals surface area contributed by atoms with Gasteiger partial charge >= 0.3 is 0 Å². The van der Waals surface area contributed by atoms with Gasteiger partial charge in [-0.25, -0.2) is 0 Å². The smallest absolute Gasteiger partial charge is 0.119 e. The topological polar surface area (TPSA) is 18.8 Å². The highest BCUT2D eigenvalue weighted by Crippen LogP contribution is 2.28. The summed E-state index contributed by atoms with van der Waals surface area (Å²) in [5.74, 6) is 0. The van der Waals surface area contributed by atoms with Gasteiger partial charge in [-0.2, -0.15) is 5.10 Å². The summed E-state index contributed by atoms with van der Waals surface area (Å²) < 4.78 is 0. The van der Waals surface area contributed by atoms with Crippen molar-refractivity contribution < 1.29 is 0 Å². The van der Waals surface area contributed by atoms with Crippen LogP contribution >= 0.6 is 0 Å². The molecule has 1 aliphatic rings. The van der Waals surface area contributed by atoms with E-state index >= 15 is 0 Å². The number of rotatable bonds is 6. The summed E-state index contributed by atoms with van der Waals surface area (Å²) in [5, 5.41) is 6.86. The van der Waals surface area contributed by atoms with E-state index in [2.05, 4.69) is 49.6 Å². The van der Waals surface area contributed by atoms with Crippen LogP contribution in [0.15, 0.2) is 5.10 Å². The Bertz CT molecular complexity index is 242. The molecule has 1 heterocycles. The standard InChI is InChI=1S/C14H29N3/c1-6-8-10-17-13(11-14(3,4)5)16(9-7-2)12-15-17/h12-13H,6-11H2,1-5H3. The van der Waals surface area contributed by atoms with Crippen LogP contribution in [0.4, 0.5) is 0 Å². The van der Waals surface area contributed by atoms with Crippen molar-refractivity contribution in [3.63, 3.8) is 0 Å². The minimum atomic E-state index is 0.356. The number of hydrogen-bond donors (Lipinski definition) is 0. The molecule has 0 saturated carbocycles. The quantitative estimate of drug-likeness (QED) is 0.706. The highest BCUT2D eigenvalue weighted by Gasteiger charge is 2.30. The van der Waals surface area contributed by atoms with Crippen LogP contribution in [0.25, 0.3) is 0 Å². The van der Waals surface area contributed by atoms with Gasteiger partial charge in [0.25, 0.3) is 0 Å². The molecule has 3 heteroatoms. The first-order valence-electron chi connectivity index (χ1n) is 7.04. The fraction of sp³-hybridized carbons (Fsp3) is 0.929. The molecule has 0 bridgehead atoms. The van der Waals surface area contributed by atoms with Gasteiger partial charge in [-0.3, -0.25) is 5.01 Å². The summed E-state index contributed by atoms with van der Waals surface area (Å²) in [7, 11) is 0. The van der Waals surface area contributed by atoms with E-state index < -0.39 is 0 Å². The van der Waals surface area contributed by atoms with Gasteiger partial charge in [-0.1, -0.05) is 41.0 Å². The van der Waals surface area contributed by atoms with Gasteiger partial charge in [-0.05, 0) is 24.7 Å². The third-order valence-corrected chi connectivity index (χ3v) is 3.09. The van der Waals surface area contributed by atoms with E-state index in [-0.39, 0.29) is 0 Å². The lowest BCUT2D eigenvalue weighted by Crippen LogP contribution is -2.42. The van der Waals surface area contributed by atoms with Gasteiger partial charge in [0, 0.05) is 13.1 Å². The Morgan fingerprint density at radius 3 is 2.35 bits per heavy atom. The molecule has 0 radical (unpaired) electrons. The van der Waals surface area contributed by atoms with Crippen LogP contribution in [-0.4, -0.2) is 35.5 Å². The summed E-state index contributed by atoms with van der Waals surface area (Å²) in [6.45, 7) is 13.6. The maximum absolute atomic E-state index is 4.57. The molecule has 0 saturated heterocycles. The lowest BCUT2D eigenvalue weighted by atomic mass is 9.90. The van der Waals surface area contributed by atoms with Crippen LogP contribution in [0, 0.1) is 5.41 Å². The maximum atomic E-state index is 4.57. The molecule has 0 aromatic carbocycles. The van der Waals surface area contributed by atoms with Gasteiger partial charge in [0.15, 0.2) is 0 Å². The van der Waals surface area contributed by atoms with Crippen LogP contribution in [0.3, 0.4) is 0 Å². The molecule has 0 amide bonds. The van der Waals surface area contributed by atoms with Crippen molar-refractivity contribution >= 4 is 6.34 Å². The van der Waals surface area contributed by atoms with Crippen molar-refractivity contribution in [3.8, 4) is 0 Å². The zero-order valence-electron chi connectivity index (χ0n) is 12.2. The first-order valence-corrected chi connectivity index (χ1v) is 7.04. The predicted octanol–water partition coefficient (Wildman–Crippen LogP) is 3.52. The van der Waals surface area contributed by atoms with Crippen molar-refractivity contribution in [2.24, 2.45) is 10.5 Å². The summed E-state index contributed by atoms with van der Waals surface area (Å²) in [6.07, 6.45) is 7.35. The molecule has 3 nitrogen and oxygen atoms in total. The molecule has 0 N–H and O–H groups in total. The second-order valence-corrected chi connectivity index (χ2v) is 6.23. The number of hydrazone groups is 1. The maximum Gasteiger partial charge on any atom is 0.119 e. The normalized spacial score (nSPS) is 20.4. The molecule has 0 aromatic heterocycles. The summed E-state index contributed by atoms with van der Waals surface area (Å²) in [4.78, 5) is 2.40. The summed E-state index contributed by atoms with van der Waals surface area (Å²) >= 11 is 0. The third-order valence-electron chi connectivity index (χ3n) is 3.09. The van der Waals surface area contributed by atoms with Gasteiger partial charge in [0.05, 0.1) is 0 Å². The highest BCUT2D eigenvalue weighted by atomic mass is 15.6. The van der Waals surface area contributed by atoms with Crippen molar-refractivity contribution in [1.29, 1.82) is 0 Å². The van der Waals surface area contributed by atoms with Gasteiger partial charge in [0.1, 0.15) is 12.5 Å². The largest absolute Gasteiger partial charge is 0.339 e. The summed E-state index contributed by atoms with van der Waals surface area (Å²) in [5.41, 5.74) is 0.356. The molecule has 1 aliphatic heterocycles. The molecule has 0 aliphatic carbocycles. The van der Waals surface area contributed by atoms with Crippen molar-refractivity contribution in [2.75, 3.05) is 13.1 Å². The number of unbranched alkanes of at least 4 members (excludes halogenated alkanes) is 1. The van der Waals surface area contributed by atoms with Crippen molar-refractivity contribution in [3.05, 3.63) is 0 Å². The van der Waals surface area contributed by atoms with E-state index in [1.165, 1.54) is 25.7 Å². The van der Waals surface area contributed by atoms with Gasteiger partial charge in [0.2, 0.25) is 0 Å². The van der Waals surface area contributed by atoms with Crippen LogP contribution < -0.4 is 0 Å². The lowest BCUT2D eigenvalue weighted by molar-refractivity contribution is 0.0873. The Hall–Kier alpha value is -0.730. The minimum absolute atomic E-state index is 0.356. The molecular weight excluding hydrogens is 210 g/mol. The van der Waals surface area contributed by atoms with E-state index in [1.807, 2.05) is 6.34 Å². The van der Waals surface area contributed by atoms with E-state index in [0.717, 1.165) is 13.1 Å². The van der Waals surface area contributed by atoms with Gasteiger partial charge < -0.3 is 4.90 Å². The molecule has 0 spiro atoms. The minimum Gasteiger partial charge on any atom is -0.339 e. The van der Waals surface area contributed by atoms with Crippen molar-refractivity contribution in [2.45, 2.75) is 66.5 Å². The van der Waals surface area contributed by atoms with Gasteiger partial charge in [-0.15, -0.1) is 0 Å². The molecule has 0 aromatic rings. The first kappa shape index (κ1) is 14.3. The Morgan fingerprint density at radius 1 is 1.12 bits per heavy atom. The fourth-order valence-electron chi connectivity index (χ4n) is 2.22. The Kier molecular flexibility index (Phi) is 5.29. The van der Waals surface area contributed by atoms with Crippen molar-refractivity contribution in [1.82, 2.24) is 9.91 Å². The molecule has 100 valence electrons. The van der Waals surface area contributed by atoms with Crippen LogP contribution in [0.2, 0.25) is 0 Å². The monoisotopic (exact) mass is 239 g/mol. The average molecular weight is 239 g/mol. The van der Waals surface area contributed by atoms with E-state index in [4.69, 9.17) is 0 Å². The molecule has 1 atom stereocenters. The van der Waals surface area contributed by atoms with E-state index in [0.29, 0.717) is 11.6 Å². The predicted molar refractivity (Wildman–Crippen MR) is 75.0 cm³/mol. The Morgan fingerprint density at radius 2 is 1.82 bits per heavy atom. The Balaban J connectivity index is 2.61. The third kappa shape index (κ3) is 4.57. The molecule has 17 heavy (non-hydrogen) atoms. The lowest BCUT2D eigenvalue weighted by Gasteiger charge is -2.35. The van der Waals surface area contributed by atoms with Crippen LogP contribution in [0.1, 0.15) is 60.3 Å². The first-order chi connectivity index (χ1) is 7.98. The fourth-order valence-corrected chi connectivity index (χ4v) is 2.22. The zero-order chi connectivity index (χ0) is 12.9. The van der Waals surface area contributed by atoms with Crippen LogP contribution in [-0.2, 0) is 0 Å². The highest BCUT2D eigenvalue weighted by molar-refractivity contribution is 5.57. The van der Waals surface area contributed by atoms with E-state index in [1.54, 1.807) is 0 Å². The zero-order valence-corrected chi connectivity index (χ0v) is 12.2. The summed E-state index contributed by atoms with van der Waals surface area (Å²) in [6, 6.07) is 0. The van der Waals surface area contributed by atoms with Crippen LogP contribution in [0.5, 0.6) is 0 Å². The Labute approximate surface area is 107 Å².